The third-order valence-corrected chi connectivity index (χ3v) is 17.0. The van der Waals surface area contributed by atoms with E-state index in [2.05, 4.69) is 31.6 Å². The first kappa shape index (κ1) is 77.3. The largest absolute Gasteiger partial charge is 0.491 e. The number of alkyl carbamates (subject to hydrolysis) is 1. The lowest BCUT2D eigenvalue weighted by Crippen LogP contribution is -2.54. The smallest absolute Gasteiger partial charge is 0.415 e. The molecule has 8 N–H and O–H groups in total. The van der Waals surface area contributed by atoms with Crippen LogP contribution in [0.1, 0.15) is 90.4 Å². The highest BCUT2D eigenvalue weighted by atomic mass is 35.5. The summed E-state index contributed by atoms with van der Waals surface area (Å²) in [6.07, 6.45) is 3.98. The maximum Gasteiger partial charge on any atom is 0.415 e. The minimum absolute atomic E-state index is 0.000762. The number of fused-ring (bicyclic) bond motifs is 4. The van der Waals surface area contributed by atoms with Gasteiger partial charge in [-0.05, 0) is 110 Å². The fraction of sp³-hybridized carbons (Fsp3) is 0.423. The molecule has 11 amide bonds. The van der Waals surface area contributed by atoms with E-state index in [0.717, 1.165) is 40.0 Å². The average molecular weight is 1430 g/mol. The summed E-state index contributed by atoms with van der Waals surface area (Å²) in [6.45, 7) is 9.84. The minimum Gasteiger partial charge on any atom is -0.491 e. The molecule has 102 heavy (non-hydrogen) atoms. The van der Waals surface area contributed by atoms with Crippen molar-refractivity contribution < 1.29 is 86.2 Å². The number of aryl methyl sites for hydroxylation is 1. The molecule has 8 rings (SSSR count). The van der Waals surface area contributed by atoms with Crippen molar-refractivity contribution >= 4 is 105 Å². The summed E-state index contributed by atoms with van der Waals surface area (Å²) in [5, 5.41) is 24.1. The predicted molar refractivity (Wildman–Crippen MR) is 377 cm³/mol. The number of nitrogens with two attached hydrogens (primary N) is 1. The van der Waals surface area contributed by atoms with E-state index in [4.69, 9.17) is 50.5 Å². The second-order valence-electron chi connectivity index (χ2n) is 24.4. The Labute approximate surface area is 594 Å². The lowest BCUT2D eigenvalue weighted by atomic mass is 9.92. The van der Waals surface area contributed by atoms with Gasteiger partial charge in [0.15, 0.2) is 0 Å². The van der Waals surface area contributed by atoms with Crippen molar-refractivity contribution in [1.29, 1.82) is 0 Å². The van der Waals surface area contributed by atoms with Gasteiger partial charge in [-0.3, -0.25) is 33.7 Å². The summed E-state index contributed by atoms with van der Waals surface area (Å²) in [6, 6.07) is 20.7. The zero-order valence-corrected chi connectivity index (χ0v) is 58.5. The highest BCUT2D eigenvalue weighted by Crippen LogP contribution is 2.47. The Morgan fingerprint density at radius 1 is 0.775 bits per heavy atom. The number of nitrogens with one attached hydrogen (secondary N) is 5. The van der Waals surface area contributed by atoms with Crippen molar-refractivity contribution in [2.24, 2.45) is 11.7 Å². The Balaban J connectivity index is 0.867. The number of nitrogens with zero attached hydrogens (tertiary/aromatic N) is 6. The number of benzene rings is 4. The van der Waals surface area contributed by atoms with E-state index in [1.165, 1.54) is 16.8 Å². The highest BCUT2D eigenvalue weighted by molar-refractivity contribution is 6.19. The van der Waals surface area contributed by atoms with E-state index in [9.17, 15) is 53.1 Å². The molecule has 4 aromatic carbocycles. The Bertz CT molecular complexity index is 3970. The third-order valence-electron chi connectivity index (χ3n) is 16.6. The van der Waals surface area contributed by atoms with E-state index in [0.29, 0.717) is 58.2 Å². The van der Waals surface area contributed by atoms with Gasteiger partial charge in [0, 0.05) is 112 Å². The topological polar surface area (TPSA) is 372 Å². The molecular formula is C71H87ClN12O18. The molecule has 2 aliphatic rings. The monoisotopic (exact) mass is 1430 g/mol. The van der Waals surface area contributed by atoms with Crippen LogP contribution in [0.2, 0.25) is 0 Å². The van der Waals surface area contributed by atoms with Gasteiger partial charge < -0.3 is 89.7 Å². The number of amides is 11. The second-order valence-corrected chi connectivity index (χ2v) is 24.7. The Hall–Kier alpha value is -10.4. The molecule has 2 aliphatic heterocycles. The summed E-state index contributed by atoms with van der Waals surface area (Å²) >= 11 is 6.69. The van der Waals surface area contributed by atoms with Crippen molar-refractivity contribution in [1.82, 2.24) is 40.0 Å². The fourth-order valence-electron chi connectivity index (χ4n) is 11.1. The van der Waals surface area contributed by atoms with Crippen molar-refractivity contribution in [2.75, 3.05) is 121 Å². The van der Waals surface area contributed by atoms with Gasteiger partial charge in [-0.15, -0.1) is 11.6 Å². The molecule has 30 nitrogen and oxygen atoms in total. The molecule has 0 radical (unpaired) electrons. The van der Waals surface area contributed by atoms with Gasteiger partial charge in [0.2, 0.25) is 11.8 Å². The number of aliphatic hydroxyl groups is 1. The Morgan fingerprint density at radius 2 is 1.51 bits per heavy atom. The van der Waals surface area contributed by atoms with E-state index >= 15 is 0 Å². The zero-order valence-electron chi connectivity index (χ0n) is 57.7. The molecule has 4 atom stereocenters. The minimum atomic E-state index is -1.16. The van der Waals surface area contributed by atoms with E-state index in [-0.39, 0.29) is 134 Å². The molecule has 0 saturated carbocycles. The van der Waals surface area contributed by atoms with Crippen LogP contribution in [0.15, 0.2) is 109 Å². The number of ether oxygens (including phenoxy) is 7. The van der Waals surface area contributed by atoms with Gasteiger partial charge in [-0.1, -0.05) is 44.2 Å². The lowest BCUT2D eigenvalue weighted by molar-refractivity contribution is -0.137. The molecule has 1 unspecified atom stereocenters. The Kier molecular flexibility index (Phi) is 28.7. The van der Waals surface area contributed by atoms with Gasteiger partial charge >= 0.3 is 24.3 Å². The summed E-state index contributed by atoms with van der Waals surface area (Å²) in [4.78, 5) is 141. The van der Waals surface area contributed by atoms with Gasteiger partial charge in [-0.25, -0.2) is 24.2 Å². The Morgan fingerprint density at radius 3 is 2.22 bits per heavy atom. The maximum absolute atomic E-state index is 14.7. The normalized spacial score (nSPS) is 14.1. The predicted octanol–water partition coefficient (Wildman–Crippen LogP) is 6.87. The molecule has 0 saturated heterocycles. The number of pyridine rings is 1. The number of alkyl halides is 1. The molecule has 0 spiro atoms. The molecule has 4 heterocycles. The van der Waals surface area contributed by atoms with Crippen LogP contribution in [-0.4, -0.2) is 212 Å². The number of carbonyl (C=O) groups is 10. The number of anilines is 3. The average Bonchev–Trinajstić information content (AvgIpc) is 1.54. The number of imidazole rings is 1. The zero-order chi connectivity index (χ0) is 73.4. The van der Waals surface area contributed by atoms with E-state index < -0.39 is 71.8 Å². The number of aliphatic hydroxyl groups excluding tert-OH is 1. The number of hydrogen-bond donors (Lipinski definition) is 7. The van der Waals surface area contributed by atoms with Gasteiger partial charge in [0.05, 0.1) is 63.7 Å². The second kappa shape index (κ2) is 37.9. The molecule has 0 fully saturated rings. The first-order valence-corrected chi connectivity index (χ1v) is 34.0. The maximum atomic E-state index is 14.7. The number of likely N-dealkylation sites (N-methyl/N-ethyl adjacent to an activating group) is 1. The van der Waals surface area contributed by atoms with Crippen LogP contribution < -0.4 is 46.7 Å². The molecular weight excluding hydrogens is 1340 g/mol. The quantitative estimate of drug-likeness (QED) is 0.0119. The SMILES string of the molecule is CCOCCC(C)Oc1ccc(C(=O)Nc2ccc3nc(C(=O)N4C[C@@H](CCl)c5c4cc(OC(=O)N(CCOCCO)CCN(C)C(=O)OCc4ccc(NC(=O)[C@H](CCCNC(N)=O)NC(=O)[C@@H](NC(=O)OCCOCCN6C(=O)C=CC6=O)C(C)C)cc4)c4cccc(C)c54)cn3c2)cc1. The molecule has 0 bridgehead atoms. The summed E-state index contributed by atoms with van der Waals surface area (Å²) < 4.78 is 41.1. The number of halogens is 1. The number of rotatable bonds is 37. The first-order valence-electron chi connectivity index (χ1n) is 33.5. The van der Waals surface area contributed by atoms with E-state index in [1.807, 2.05) is 39.0 Å². The van der Waals surface area contributed by atoms with Crippen LogP contribution in [-0.2, 0) is 49.5 Å². The van der Waals surface area contributed by atoms with Crippen LogP contribution in [0.5, 0.6) is 11.5 Å². The molecule has 31 heteroatoms. The van der Waals surface area contributed by atoms with Crippen molar-refractivity contribution in [2.45, 2.75) is 84.6 Å². The fourth-order valence-corrected chi connectivity index (χ4v) is 11.4. The number of imide groups is 1. The van der Waals surface area contributed by atoms with Crippen LogP contribution in [0, 0.1) is 12.8 Å². The van der Waals surface area contributed by atoms with Gasteiger partial charge in [0.1, 0.15) is 48.1 Å². The number of aromatic nitrogens is 2. The van der Waals surface area contributed by atoms with Crippen LogP contribution in [0.3, 0.4) is 0 Å². The third kappa shape index (κ3) is 21.6. The highest BCUT2D eigenvalue weighted by Gasteiger charge is 2.38. The molecule has 0 aliphatic carbocycles. The first-order chi connectivity index (χ1) is 49.0. The number of primary amides is 1. The van der Waals surface area contributed by atoms with Gasteiger partial charge in [-0.2, -0.15) is 0 Å². The van der Waals surface area contributed by atoms with Gasteiger partial charge in [0.25, 0.3) is 23.6 Å². The standard InChI is InChI=1S/C71H87ClN12O18/c1-7-96-32-25-46(5)101-52-20-15-48(16-21-52)64(88)76-51-19-22-58-77-55(42-82(58)41-51)67(91)84-40-49(39-72)62-56(84)38-57(53-11-8-10-45(4)61(53)62)102-71(95)81(29-33-97-35-31-85)28-27-80(6)70(94)100-43-47-13-17-50(18-14-47)75-65(89)54(12-9-26-74-68(73)92)78-66(90)63(44(2)3)79-69(93)99-37-36-98-34-30-83-59(86)23-24-60(83)87/h8,10-11,13-24,38,41-42,44,46,49,54,63,85H,7,9,12,25-37,39-40,43H2,1-6H3,(H,75,89)(H,76,88)(H,78,90)(H,79,93)(H3,73,74,92)/t46?,49-,54+,63+/m1/s1. The number of urea groups is 1. The lowest BCUT2D eigenvalue weighted by Gasteiger charge is -2.26. The van der Waals surface area contributed by atoms with Crippen LogP contribution in [0.4, 0.5) is 36.2 Å². The molecule has 546 valence electrons. The van der Waals surface area contributed by atoms with Crippen LogP contribution >= 0.6 is 11.6 Å². The number of hydrogen-bond acceptors (Lipinski definition) is 19. The molecule has 6 aromatic rings. The van der Waals surface area contributed by atoms with Crippen molar-refractivity contribution in [3.63, 3.8) is 0 Å². The van der Waals surface area contributed by atoms with Crippen LogP contribution in [0.25, 0.3) is 16.4 Å². The number of carbonyl (C=O) groups excluding carboxylic acids is 10. The van der Waals surface area contributed by atoms with E-state index in [1.54, 1.807) is 102 Å². The summed E-state index contributed by atoms with van der Waals surface area (Å²) in [5.74, 6) is -2.90. The van der Waals surface area contributed by atoms with Crippen molar-refractivity contribution in [3.8, 4) is 11.5 Å². The summed E-state index contributed by atoms with van der Waals surface area (Å²) in [7, 11) is 1.49. The van der Waals surface area contributed by atoms with Crippen molar-refractivity contribution in [3.05, 3.63) is 137 Å². The summed E-state index contributed by atoms with van der Waals surface area (Å²) in [5.41, 5.74) is 9.60. The molecule has 2 aromatic heterocycles.